The second-order valence-electron chi connectivity index (χ2n) is 5.52. The van der Waals surface area contributed by atoms with E-state index >= 15 is 0 Å². The Hall–Kier alpha value is -1.80. The van der Waals surface area contributed by atoms with Crippen molar-refractivity contribution in [3.63, 3.8) is 0 Å². The van der Waals surface area contributed by atoms with Crippen LogP contribution in [0.25, 0.3) is 0 Å². The van der Waals surface area contributed by atoms with Crippen molar-refractivity contribution in [2.75, 3.05) is 27.4 Å². The summed E-state index contributed by atoms with van der Waals surface area (Å²) in [4.78, 5) is 2.03. The highest BCUT2D eigenvalue weighted by molar-refractivity contribution is 9.10. The molecule has 0 atom stereocenters. The van der Waals surface area contributed by atoms with Crippen LogP contribution in [0.15, 0.2) is 40.9 Å². The summed E-state index contributed by atoms with van der Waals surface area (Å²) in [5, 5.41) is 3.21. The Morgan fingerprint density at radius 2 is 2.12 bits per heavy atom. The van der Waals surface area contributed by atoms with Crippen molar-refractivity contribution in [2.45, 2.75) is 13.5 Å². The molecule has 0 bridgehead atoms. The van der Waals surface area contributed by atoms with Crippen LogP contribution in [-0.2, 0) is 16.6 Å². The van der Waals surface area contributed by atoms with Crippen molar-refractivity contribution >= 4 is 43.0 Å². The van der Waals surface area contributed by atoms with Crippen LogP contribution in [-0.4, -0.2) is 20.8 Å². The normalized spacial score (nSPS) is 13.5. The fourth-order valence-corrected chi connectivity index (χ4v) is 3.69. The lowest BCUT2D eigenvalue weighted by molar-refractivity contribution is 0.602. The summed E-state index contributed by atoms with van der Waals surface area (Å²) in [5.41, 5.74) is 2.94. The van der Waals surface area contributed by atoms with Gasteiger partial charge < -0.3 is 10.2 Å². The second-order valence-corrected chi connectivity index (χ2v) is 8.44. The van der Waals surface area contributed by atoms with Gasteiger partial charge in [0, 0.05) is 11.0 Å². The molecule has 2 aromatic carbocycles. The molecule has 0 unspecified atom stereocenters. The number of benzene rings is 2. The third-order valence-corrected chi connectivity index (χ3v) is 5.53. The molecule has 1 heterocycles. The van der Waals surface area contributed by atoms with E-state index < -0.39 is 10.0 Å². The van der Waals surface area contributed by atoms with E-state index in [-0.39, 0.29) is 11.6 Å². The van der Waals surface area contributed by atoms with E-state index in [4.69, 9.17) is 0 Å². The van der Waals surface area contributed by atoms with Gasteiger partial charge in [-0.05, 0) is 36.8 Å². The average Bonchev–Trinajstić information content (AvgIpc) is 2.90. The van der Waals surface area contributed by atoms with Gasteiger partial charge in [0.05, 0.1) is 29.5 Å². The standard InChI is InChI=1S/C16H17BrFN3O2S/c1-2-24(22,23)20-14-7-12(17)8-15-16(14)19-10-21(15)9-11-4-3-5-13(18)6-11/h3-8,19-20H,2,9-10H2,1H3. The predicted molar refractivity (Wildman–Crippen MR) is 98.3 cm³/mol. The third kappa shape index (κ3) is 3.64. The van der Waals surface area contributed by atoms with Crippen LogP contribution < -0.4 is 14.9 Å². The molecule has 128 valence electrons. The molecule has 5 nitrogen and oxygen atoms in total. The van der Waals surface area contributed by atoms with Gasteiger partial charge in [0.15, 0.2) is 0 Å². The Labute approximate surface area is 149 Å². The maximum absolute atomic E-state index is 13.4. The van der Waals surface area contributed by atoms with Gasteiger partial charge in [-0.3, -0.25) is 4.72 Å². The Morgan fingerprint density at radius 1 is 1.33 bits per heavy atom. The number of hydrogen-bond acceptors (Lipinski definition) is 4. The van der Waals surface area contributed by atoms with Gasteiger partial charge in [-0.15, -0.1) is 0 Å². The Balaban J connectivity index is 1.92. The molecule has 0 spiro atoms. The highest BCUT2D eigenvalue weighted by atomic mass is 79.9. The summed E-state index contributed by atoms with van der Waals surface area (Å²) in [7, 11) is -3.37. The molecule has 0 saturated carbocycles. The lowest BCUT2D eigenvalue weighted by atomic mass is 10.2. The minimum Gasteiger partial charge on any atom is -0.364 e. The van der Waals surface area contributed by atoms with Crippen LogP contribution in [0.2, 0.25) is 0 Å². The molecule has 3 rings (SSSR count). The Morgan fingerprint density at radius 3 is 2.83 bits per heavy atom. The van der Waals surface area contributed by atoms with E-state index in [1.54, 1.807) is 19.1 Å². The van der Waals surface area contributed by atoms with Gasteiger partial charge >= 0.3 is 0 Å². The molecule has 1 aliphatic heterocycles. The zero-order valence-electron chi connectivity index (χ0n) is 13.0. The van der Waals surface area contributed by atoms with Crippen molar-refractivity contribution in [2.24, 2.45) is 0 Å². The van der Waals surface area contributed by atoms with E-state index in [1.165, 1.54) is 12.1 Å². The zero-order valence-corrected chi connectivity index (χ0v) is 15.4. The lowest BCUT2D eigenvalue weighted by Crippen LogP contribution is -2.22. The van der Waals surface area contributed by atoms with Crippen molar-refractivity contribution < 1.29 is 12.8 Å². The van der Waals surface area contributed by atoms with Crippen molar-refractivity contribution in [1.82, 2.24) is 0 Å². The van der Waals surface area contributed by atoms with Crippen LogP contribution >= 0.6 is 15.9 Å². The molecule has 0 aliphatic carbocycles. The first-order valence-electron chi connectivity index (χ1n) is 7.45. The molecule has 2 N–H and O–H groups in total. The fourth-order valence-electron chi connectivity index (χ4n) is 2.60. The number of halogens is 2. The van der Waals surface area contributed by atoms with Crippen molar-refractivity contribution in [3.8, 4) is 0 Å². The monoisotopic (exact) mass is 413 g/mol. The number of nitrogens with zero attached hydrogens (tertiary/aromatic N) is 1. The molecule has 0 saturated heterocycles. The number of fused-ring (bicyclic) bond motifs is 1. The van der Waals surface area contributed by atoms with Gasteiger partial charge in [-0.1, -0.05) is 28.1 Å². The van der Waals surface area contributed by atoms with Gasteiger partial charge in [0.2, 0.25) is 10.0 Å². The molecule has 8 heteroatoms. The van der Waals surface area contributed by atoms with E-state index in [9.17, 15) is 12.8 Å². The average molecular weight is 414 g/mol. The molecule has 0 fully saturated rings. The van der Waals surface area contributed by atoms with Gasteiger partial charge in [-0.25, -0.2) is 12.8 Å². The smallest absolute Gasteiger partial charge is 0.232 e. The molecule has 0 radical (unpaired) electrons. The van der Waals surface area contributed by atoms with Gasteiger partial charge in [0.1, 0.15) is 5.82 Å². The largest absolute Gasteiger partial charge is 0.364 e. The van der Waals surface area contributed by atoms with Crippen molar-refractivity contribution in [3.05, 3.63) is 52.3 Å². The fraction of sp³-hybridized carbons (Fsp3) is 0.250. The number of hydrogen-bond donors (Lipinski definition) is 2. The third-order valence-electron chi connectivity index (χ3n) is 3.78. The SMILES string of the molecule is CCS(=O)(=O)Nc1cc(Br)cc2c1NCN2Cc1cccc(F)c1. The van der Waals surface area contributed by atoms with Crippen LogP contribution in [0.1, 0.15) is 12.5 Å². The number of rotatable bonds is 5. The first kappa shape index (κ1) is 17.0. The maximum Gasteiger partial charge on any atom is 0.232 e. The quantitative estimate of drug-likeness (QED) is 0.783. The predicted octanol–water partition coefficient (Wildman–Crippen LogP) is 3.74. The van der Waals surface area contributed by atoms with Crippen LogP contribution in [0.4, 0.5) is 21.5 Å². The topological polar surface area (TPSA) is 61.4 Å². The molecule has 2 aromatic rings. The molecule has 1 aliphatic rings. The second kappa shape index (κ2) is 6.60. The van der Waals surface area contributed by atoms with Gasteiger partial charge in [-0.2, -0.15) is 0 Å². The first-order chi connectivity index (χ1) is 11.4. The summed E-state index contributed by atoms with van der Waals surface area (Å²) in [6.07, 6.45) is 0. The molecular formula is C16H17BrFN3O2S. The van der Waals surface area contributed by atoms with Gasteiger partial charge in [0.25, 0.3) is 0 Å². The van der Waals surface area contributed by atoms with E-state index in [1.807, 2.05) is 17.0 Å². The molecule has 0 aromatic heterocycles. The minimum atomic E-state index is -3.37. The van der Waals surface area contributed by atoms with E-state index in [2.05, 4.69) is 26.0 Å². The molecular weight excluding hydrogens is 397 g/mol. The maximum atomic E-state index is 13.4. The highest BCUT2D eigenvalue weighted by Crippen LogP contribution is 2.41. The van der Waals surface area contributed by atoms with E-state index in [0.717, 1.165) is 21.4 Å². The first-order valence-corrected chi connectivity index (χ1v) is 9.90. The summed E-state index contributed by atoms with van der Waals surface area (Å²) in [6.45, 7) is 2.63. The van der Waals surface area contributed by atoms with E-state index in [0.29, 0.717) is 18.9 Å². The van der Waals surface area contributed by atoms with Crippen LogP contribution in [0, 0.1) is 5.82 Å². The molecule has 0 amide bonds. The number of nitrogens with one attached hydrogen (secondary N) is 2. The number of sulfonamides is 1. The summed E-state index contributed by atoms with van der Waals surface area (Å²) in [5.74, 6) is -0.271. The molecule has 24 heavy (non-hydrogen) atoms. The van der Waals surface area contributed by atoms with Crippen LogP contribution in [0.3, 0.4) is 0 Å². The summed E-state index contributed by atoms with van der Waals surface area (Å²) >= 11 is 3.42. The number of anilines is 3. The lowest BCUT2D eigenvalue weighted by Gasteiger charge is -2.19. The highest BCUT2D eigenvalue weighted by Gasteiger charge is 2.24. The minimum absolute atomic E-state index is 0.00128. The Kier molecular flexibility index (Phi) is 4.69. The van der Waals surface area contributed by atoms with Crippen LogP contribution in [0.5, 0.6) is 0 Å². The zero-order chi connectivity index (χ0) is 17.3. The van der Waals surface area contributed by atoms with Crippen molar-refractivity contribution in [1.29, 1.82) is 0 Å². The summed E-state index contributed by atoms with van der Waals surface area (Å²) < 4.78 is 40.5. The summed E-state index contributed by atoms with van der Waals surface area (Å²) in [6, 6.07) is 10.1. The Bertz CT molecular complexity index is 874.